The Bertz CT molecular complexity index is 461. The van der Waals surface area contributed by atoms with Crippen LogP contribution in [0.15, 0.2) is 18.2 Å². The minimum Gasteiger partial charge on any atom is -0.465 e. The monoisotopic (exact) mass is 239 g/mol. The van der Waals surface area contributed by atoms with Gasteiger partial charge in [-0.1, -0.05) is 6.07 Å². The molecule has 1 aromatic rings. The number of ether oxygens (including phenoxy) is 3. The van der Waals surface area contributed by atoms with Gasteiger partial charge in [-0.2, -0.15) is 0 Å². The van der Waals surface area contributed by atoms with E-state index in [-0.39, 0.29) is 0 Å². The molecule has 0 saturated heterocycles. The molecule has 1 aliphatic heterocycles. The molecule has 1 unspecified atom stereocenters. The Morgan fingerprint density at radius 1 is 1.47 bits per heavy atom. The number of hydrogen-bond acceptors (Lipinski definition) is 4. The number of methoxy groups -OCH3 is 1. The van der Waals surface area contributed by atoms with Crippen LogP contribution in [0.1, 0.15) is 6.92 Å². The zero-order valence-corrected chi connectivity index (χ0v) is 9.76. The van der Waals surface area contributed by atoms with Crippen molar-refractivity contribution in [2.75, 3.05) is 19.1 Å². The van der Waals surface area contributed by atoms with Crippen molar-refractivity contribution in [2.45, 2.75) is 12.9 Å². The molecule has 92 valence electrons. The second kappa shape index (κ2) is 3.81. The van der Waals surface area contributed by atoms with Gasteiger partial charge >= 0.3 is 12.1 Å². The van der Waals surface area contributed by atoms with E-state index in [1.165, 1.54) is 14.2 Å². The van der Waals surface area contributed by atoms with Gasteiger partial charge in [0.25, 0.3) is 0 Å². The molecule has 1 amide bonds. The van der Waals surface area contributed by atoms with Gasteiger partial charge in [0, 0.05) is 21.1 Å². The molecule has 0 radical (unpaired) electrons. The Balaban J connectivity index is 2.42. The average molecular weight is 239 g/mol. The summed E-state index contributed by atoms with van der Waals surface area (Å²) in [4.78, 5) is 12.0. The molecule has 0 saturated carbocycles. The Hall–Kier alpha value is -1.95. The van der Waals surface area contributed by atoms with E-state index < -0.39 is 12.1 Å². The molecule has 1 heterocycles. The average Bonchev–Trinajstić information content (AvgIpc) is 2.64. The molecule has 0 spiro atoms. The lowest BCUT2D eigenvalue weighted by Crippen LogP contribution is -2.36. The van der Waals surface area contributed by atoms with Crippen LogP contribution in [0.25, 0.3) is 0 Å². The van der Waals surface area contributed by atoms with Crippen LogP contribution in [0.5, 0.6) is 11.5 Å². The highest BCUT2D eigenvalue weighted by Gasteiger charge is 2.39. The molecular formula is C11H13NO5. The maximum absolute atomic E-state index is 10.9. The standard InChI is InChI=1S/C11H13NO5/c1-11(15-3)16-8-6-4-5-7(9(8)17-11)12(2)10(13)14/h4-6H,1-3H3,(H,13,14). The van der Waals surface area contributed by atoms with Gasteiger partial charge in [0.05, 0.1) is 5.69 Å². The van der Waals surface area contributed by atoms with Gasteiger partial charge in [0.2, 0.25) is 0 Å². The fraction of sp³-hybridized carbons (Fsp3) is 0.364. The molecule has 0 fully saturated rings. The lowest BCUT2D eigenvalue weighted by molar-refractivity contribution is -0.254. The highest BCUT2D eigenvalue weighted by Crippen LogP contribution is 2.45. The molecule has 17 heavy (non-hydrogen) atoms. The van der Waals surface area contributed by atoms with Crippen molar-refractivity contribution >= 4 is 11.8 Å². The zero-order chi connectivity index (χ0) is 12.6. The summed E-state index contributed by atoms with van der Waals surface area (Å²) in [5, 5.41) is 8.95. The summed E-state index contributed by atoms with van der Waals surface area (Å²) < 4.78 is 16.0. The smallest absolute Gasteiger partial charge is 0.411 e. The van der Waals surface area contributed by atoms with Crippen molar-refractivity contribution in [3.8, 4) is 11.5 Å². The Kier molecular flexibility index (Phi) is 2.59. The van der Waals surface area contributed by atoms with Gasteiger partial charge in [-0.25, -0.2) is 4.79 Å². The van der Waals surface area contributed by atoms with Crippen LogP contribution < -0.4 is 14.4 Å². The maximum atomic E-state index is 10.9. The predicted molar refractivity (Wildman–Crippen MR) is 59.5 cm³/mol. The first-order chi connectivity index (χ1) is 7.97. The van der Waals surface area contributed by atoms with Gasteiger partial charge in [-0.05, 0) is 12.1 Å². The summed E-state index contributed by atoms with van der Waals surface area (Å²) in [6.07, 6.45) is -1.08. The fourth-order valence-electron chi connectivity index (χ4n) is 1.54. The fourth-order valence-corrected chi connectivity index (χ4v) is 1.54. The third-order valence-corrected chi connectivity index (χ3v) is 2.56. The topological polar surface area (TPSA) is 68.2 Å². The van der Waals surface area contributed by atoms with Crippen LogP contribution >= 0.6 is 0 Å². The van der Waals surface area contributed by atoms with Gasteiger partial charge in [-0.3, -0.25) is 4.90 Å². The van der Waals surface area contributed by atoms with E-state index in [9.17, 15) is 4.79 Å². The Morgan fingerprint density at radius 2 is 2.18 bits per heavy atom. The van der Waals surface area contributed by atoms with E-state index in [0.29, 0.717) is 17.2 Å². The van der Waals surface area contributed by atoms with Gasteiger partial charge < -0.3 is 19.3 Å². The third-order valence-electron chi connectivity index (χ3n) is 2.56. The second-order valence-corrected chi connectivity index (χ2v) is 3.72. The number of benzene rings is 1. The number of fused-ring (bicyclic) bond motifs is 1. The number of nitrogens with zero attached hydrogens (tertiary/aromatic N) is 1. The molecular weight excluding hydrogens is 226 g/mol. The van der Waals surface area contributed by atoms with Crippen LogP contribution in [-0.4, -0.2) is 31.3 Å². The lowest BCUT2D eigenvalue weighted by Gasteiger charge is -2.20. The van der Waals surface area contributed by atoms with Crippen LogP contribution in [0.3, 0.4) is 0 Å². The predicted octanol–water partition coefficient (Wildman–Crippen LogP) is 1.89. The minimum absolute atomic E-state index is 0.363. The minimum atomic E-state index is -1.21. The van der Waals surface area contributed by atoms with E-state index in [4.69, 9.17) is 19.3 Å². The molecule has 0 bridgehead atoms. The molecule has 1 aromatic carbocycles. The molecule has 1 aliphatic rings. The SMILES string of the molecule is COC1(C)Oc2cccc(N(C)C(=O)O)c2O1. The molecule has 1 N–H and O–H groups in total. The number of anilines is 1. The van der Waals surface area contributed by atoms with Crippen molar-refractivity contribution in [3.63, 3.8) is 0 Å². The molecule has 2 rings (SSSR count). The van der Waals surface area contributed by atoms with E-state index in [0.717, 1.165) is 4.90 Å². The summed E-state index contributed by atoms with van der Waals surface area (Å²) in [5.74, 6) is -0.390. The maximum Gasteiger partial charge on any atom is 0.411 e. The number of carboxylic acid groups (broad SMARTS) is 1. The first kappa shape index (κ1) is 11.5. The lowest BCUT2D eigenvalue weighted by atomic mass is 10.2. The van der Waals surface area contributed by atoms with Crippen molar-refractivity contribution in [1.82, 2.24) is 0 Å². The number of hydrogen-bond donors (Lipinski definition) is 1. The summed E-state index contributed by atoms with van der Waals surface area (Å²) in [6, 6.07) is 5.02. The van der Waals surface area contributed by atoms with Crippen molar-refractivity contribution in [3.05, 3.63) is 18.2 Å². The molecule has 0 aromatic heterocycles. The summed E-state index contributed by atoms with van der Waals surface area (Å²) >= 11 is 0. The van der Waals surface area contributed by atoms with Crippen LogP contribution in [0.4, 0.5) is 10.5 Å². The van der Waals surface area contributed by atoms with E-state index in [1.54, 1.807) is 25.1 Å². The Labute approximate surface area is 98.3 Å². The number of rotatable bonds is 2. The van der Waals surface area contributed by atoms with Crippen LogP contribution in [0, 0.1) is 0 Å². The number of amides is 1. The number of para-hydroxylation sites is 1. The van der Waals surface area contributed by atoms with Crippen molar-refractivity contribution in [1.29, 1.82) is 0 Å². The van der Waals surface area contributed by atoms with Crippen LogP contribution in [-0.2, 0) is 4.74 Å². The summed E-state index contributed by atoms with van der Waals surface area (Å²) in [7, 11) is 2.89. The van der Waals surface area contributed by atoms with Crippen LogP contribution in [0.2, 0.25) is 0 Å². The first-order valence-electron chi connectivity index (χ1n) is 5.00. The van der Waals surface area contributed by atoms with Crippen molar-refractivity contribution < 1.29 is 24.1 Å². The van der Waals surface area contributed by atoms with Crippen molar-refractivity contribution in [2.24, 2.45) is 0 Å². The molecule has 6 nitrogen and oxygen atoms in total. The van der Waals surface area contributed by atoms with Gasteiger partial charge in [-0.15, -0.1) is 0 Å². The highest BCUT2D eigenvalue weighted by molar-refractivity contribution is 5.88. The second-order valence-electron chi connectivity index (χ2n) is 3.72. The van der Waals surface area contributed by atoms with E-state index >= 15 is 0 Å². The number of carbonyl (C=O) groups is 1. The Morgan fingerprint density at radius 3 is 2.76 bits per heavy atom. The molecule has 0 aliphatic carbocycles. The van der Waals surface area contributed by atoms with E-state index in [2.05, 4.69) is 0 Å². The third kappa shape index (κ3) is 1.87. The summed E-state index contributed by atoms with van der Waals surface area (Å²) in [6.45, 7) is 1.61. The molecule has 6 heteroatoms. The highest BCUT2D eigenvalue weighted by atomic mass is 16.9. The van der Waals surface area contributed by atoms with E-state index in [1.807, 2.05) is 0 Å². The van der Waals surface area contributed by atoms with Gasteiger partial charge in [0.1, 0.15) is 0 Å². The molecule has 1 atom stereocenters. The normalized spacial score (nSPS) is 21.4. The summed E-state index contributed by atoms with van der Waals surface area (Å²) in [5.41, 5.74) is 0.413. The zero-order valence-electron chi connectivity index (χ0n) is 9.76. The quantitative estimate of drug-likeness (QED) is 0.853. The van der Waals surface area contributed by atoms with Gasteiger partial charge in [0.15, 0.2) is 11.5 Å². The first-order valence-corrected chi connectivity index (χ1v) is 5.00. The largest absolute Gasteiger partial charge is 0.465 e.